The SMILES string of the molecule is CCN(Cc1cccc(Nc2nccnc2C#N)c1)C(C)=O. The quantitative estimate of drug-likeness (QED) is 0.916. The van der Waals surface area contributed by atoms with E-state index < -0.39 is 0 Å². The third-order valence-electron chi connectivity index (χ3n) is 3.19. The van der Waals surface area contributed by atoms with Crippen LogP contribution in [0.25, 0.3) is 0 Å². The van der Waals surface area contributed by atoms with Gasteiger partial charge in [0.1, 0.15) is 6.07 Å². The van der Waals surface area contributed by atoms with Gasteiger partial charge >= 0.3 is 0 Å². The molecule has 6 nitrogen and oxygen atoms in total. The first-order chi connectivity index (χ1) is 10.6. The van der Waals surface area contributed by atoms with Crippen molar-refractivity contribution in [1.29, 1.82) is 5.26 Å². The lowest BCUT2D eigenvalue weighted by Gasteiger charge is -2.19. The average Bonchev–Trinajstić information content (AvgIpc) is 2.53. The molecule has 6 heteroatoms. The number of hydrogen-bond donors (Lipinski definition) is 1. The summed E-state index contributed by atoms with van der Waals surface area (Å²) in [7, 11) is 0. The monoisotopic (exact) mass is 295 g/mol. The van der Waals surface area contributed by atoms with E-state index in [9.17, 15) is 4.79 Å². The third kappa shape index (κ3) is 3.79. The zero-order chi connectivity index (χ0) is 15.9. The smallest absolute Gasteiger partial charge is 0.219 e. The molecule has 1 heterocycles. The van der Waals surface area contributed by atoms with Crippen molar-refractivity contribution in [3.05, 3.63) is 47.9 Å². The summed E-state index contributed by atoms with van der Waals surface area (Å²) in [4.78, 5) is 21.3. The normalized spacial score (nSPS) is 9.86. The van der Waals surface area contributed by atoms with E-state index in [4.69, 9.17) is 5.26 Å². The summed E-state index contributed by atoms with van der Waals surface area (Å²) in [6.07, 6.45) is 3.01. The molecule has 0 saturated carbocycles. The minimum atomic E-state index is 0.0431. The number of carbonyl (C=O) groups is 1. The number of hydrogen-bond acceptors (Lipinski definition) is 5. The van der Waals surface area contributed by atoms with Crippen molar-refractivity contribution in [1.82, 2.24) is 14.9 Å². The first-order valence-corrected chi connectivity index (χ1v) is 6.96. The van der Waals surface area contributed by atoms with Crippen LogP contribution in [0.2, 0.25) is 0 Å². The molecular formula is C16H17N5O. The second-order valence-corrected chi connectivity index (χ2v) is 4.72. The Hall–Kier alpha value is -2.94. The molecule has 2 aromatic rings. The van der Waals surface area contributed by atoms with E-state index in [1.165, 1.54) is 12.4 Å². The number of nitrogens with zero attached hydrogens (tertiary/aromatic N) is 4. The van der Waals surface area contributed by atoms with E-state index in [2.05, 4.69) is 15.3 Å². The maximum atomic E-state index is 11.5. The number of amides is 1. The lowest BCUT2D eigenvalue weighted by atomic mass is 10.2. The molecule has 0 radical (unpaired) electrons. The predicted molar refractivity (Wildman–Crippen MR) is 83.2 cm³/mol. The number of nitrogens with one attached hydrogen (secondary N) is 1. The van der Waals surface area contributed by atoms with E-state index in [0.29, 0.717) is 18.9 Å². The molecule has 0 aliphatic heterocycles. The summed E-state index contributed by atoms with van der Waals surface area (Å²) in [5, 5.41) is 12.1. The highest BCUT2D eigenvalue weighted by Gasteiger charge is 2.08. The van der Waals surface area contributed by atoms with Crippen LogP contribution in [-0.4, -0.2) is 27.3 Å². The van der Waals surface area contributed by atoms with Gasteiger partial charge in [-0.25, -0.2) is 9.97 Å². The summed E-state index contributed by atoms with van der Waals surface area (Å²) in [6.45, 7) is 4.72. The molecule has 1 N–H and O–H groups in total. The Bertz CT molecular complexity index is 708. The molecule has 0 spiro atoms. The van der Waals surface area contributed by atoms with Crippen molar-refractivity contribution in [2.45, 2.75) is 20.4 Å². The van der Waals surface area contributed by atoms with E-state index in [-0.39, 0.29) is 11.6 Å². The standard InChI is InChI=1S/C16H17N5O/c1-3-21(12(2)22)11-13-5-4-6-14(9-13)20-16-15(10-17)18-7-8-19-16/h4-9H,3,11H2,1-2H3,(H,19,20). The van der Waals surface area contributed by atoms with Gasteiger partial charge in [0.25, 0.3) is 0 Å². The maximum absolute atomic E-state index is 11.5. The van der Waals surface area contributed by atoms with Crippen LogP contribution in [-0.2, 0) is 11.3 Å². The number of carbonyl (C=O) groups excluding carboxylic acids is 1. The van der Waals surface area contributed by atoms with Crippen LogP contribution in [0.1, 0.15) is 25.1 Å². The van der Waals surface area contributed by atoms with Gasteiger partial charge in [-0.2, -0.15) is 5.26 Å². The third-order valence-corrected chi connectivity index (χ3v) is 3.19. The molecule has 22 heavy (non-hydrogen) atoms. The fourth-order valence-corrected chi connectivity index (χ4v) is 2.06. The number of nitriles is 1. The van der Waals surface area contributed by atoms with Gasteiger partial charge in [-0.15, -0.1) is 0 Å². The van der Waals surface area contributed by atoms with E-state index in [0.717, 1.165) is 11.3 Å². The molecule has 0 aliphatic rings. The van der Waals surface area contributed by atoms with E-state index in [1.807, 2.05) is 37.3 Å². The highest BCUT2D eigenvalue weighted by molar-refractivity contribution is 5.73. The molecule has 1 amide bonds. The van der Waals surface area contributed by atoms with Gasteiger partial charge in [0, 0.05) is 38.1 Å². The Balaban J connectivity index is 2.18. The number of anilines is 2. The minimum Gasteiger partial charge on any atom is -0.339 e. The zero-order valence-electron chi connectivity index (χ0n) is 12.6. The highest BCUT2D eigenvalue weighted by Crippen LogP contribution is 2.18. The van der Waals surface area contributed by atoms with Crippen LogP contribution in [0.4, 0.5) is 11.5 Å². The van der Waals surface area contributed by atoms with Gasteiger partial charge in [0.2, 0.25) is 5.91 Å². The van der Waals surface area contributed by atoms with Gasteiger partial charge in [-0.1, -0.05) is 12.1 Å². The molecule has 112 valence electrons. The Morgan fingerprint density at radius 1 is 1.36 bits per heavy atom. The first kappa shape index (κ1) is 15.4. The fraction of sp³-hybridized carbons (Fsp3) is 0.250. The predicted octanol–water partition coefficient (Wildman–Crippen LogP) is 2.46. The van der Waals surface area contributed by atoms with Crippen LogP contribution in [0.3, 0.4) is 0 Å². The molecule has 0 aliphatic carbocycles. The summed E-state index contributed by atoms with van der Waals surface area (Å²) in [5.41, 5.74) is 2.05. The van der Waals surface area contributed by atoms with Crippen molar-refractivity contribution in [3.63, 3.8) is 0 Å². The molecular weight excluding hydrogens is 278 g/mol. The second kappa shape index (κ2) is 7.18. The Morgan fingerprint density at radius 3 is 2.82 bits per heavy atom. The van der Waals surface area contributed by atoms with Gasteiger partial charge in [0.05, 0.1) is 0 Å². The van der Waals surface area contributed by atoms with Crippen LogP contribution in [0.5, 0.6) is 0 Å². The molecule has 0 atom stereocenters. The zero-order valence-corrected chi connectivity index (χ0v) is 12.6. The van der Waals surface area contributed by atoms with Crippen LogP contribution in [0, 0.1) is 11.3 Å². The van der Waals surface area contributed by atoms with Gasteiger partial charge in [-0.3, -0.25) is 4.79 Å². The Kier molecular flexibility index (Phi) is 5.04. The lowest BCUT2D eigenvalue weighted by molar-refractivity contribution is -0.129. The molecule has 0 bridgehead atoms. The lowest BCUT2D eigenvalue weighted by Crippen LogP contribution is -2.27. The topological polar surface area (TPSA) is 81.9 Å². The van der Waals surface area contributed by atoms with Crippen molar-refractivity contribution < 1.29 is 4.79 Å². The van der Waals surface area contributed by atoms with E-state index in [1.54, 1.807) is 11.8 Å². The summed E-state index contributed by atoms with van der Waals surface area (Å²) in [6, 6.07) is 9.66. The highest BCUT2D eigenvalue weighted by atomic mass is 16.2. The molecule has 0 fully saturated rings. The van der Waals surface area contributed by atoms with Crippen LogP contribution >= 0.6 is 0 Å². The maximum Gasteiger partial charge on any atom is 0.219 e. The van der Waals surface area contributed by atoms with Crippen LogP contribution < -0.4 is 5.32 Å². The van der Waals surface area contributed by atoms with Crippen molar-refractivity contribution in [3.8, 4) is 6.07 Å². The molecule has 0 saturated heterocycles. The molecule has 0 unspecified atom stereocenters. The van der Waals surface area contributed by atoms with E-state index >= 15 is 0 Å². The van der Waals surface area contributed by atoms with Crippen molar-refractivity contribution in [2.75, 3.05) is 11.9 Å². The Morgan fingerprint density at radius 2 is 2.14 bits per heavy atom. The summed E-state index contributed by atoms with van der Waals surface area (Å²) < 4.78 is 0. The number of aromatic nitrogens is 2. The molecule has 1 aromatic carbocycles. The fourth-order valence-electron chi connectivity index (χ4n) is 2.06. The largest absolute Gasteiger partial charge is 0.339 e. The average molecular weight is 295 g/mol. The van der Waals surface area contributed by atoms with Crippen molar-refractivity contribution >= 4 is 17.4 Å². The molecule has 2 rings (SSSR count). The minimum absolute atomic E-state index is 0.0431. The van der Waals surface area contributed by atoms with Crippen LogP contribution in [0.15, 0.2) is 36.7 Å². The summed E-state index contributed by atoms with van der Waals surface area (Å²) in [5.74, 6) is 0.461. The van der Waals surface area contributed by atoms with Gasteiger partial charge in [-0.05, 0) is 24.6 Å². The summed E-state index contributed by atoms with van der Waals surface area (Å²) >= 11 is 0. The molecule has 1 aromatic heterocycles. The van der Waals surface area contributed by atoms with Gasteiger partial charge < -0.3 is 10.2 Å². The number of benzene rings is 1. The van der Waals surface area contributed by atoms with Crippen molar-refractivity contribution in [2.24, 2.45) is 0 Å². The van der Waals surface area contributed by atoms with Gasteiger partial charge in [0.15, 0.2) is 11.5 Å². The number of rotatable bonds is 5. The first-order valence-electron chi connectivity index (χ1n) is 6.96. The Labute approximate surface area is 129 Å². The second-order valence-electron chi connectivity index (χ2n) is 4.72.